The molecule has 0 saturated heterocycles. The third kappa shape index (κ3) is 1.77. The van der Waals surface area contributed by atoms with Gasteiger partial charge in [-0.15, -0.1) is 0 Å². The van der Waals surface area contributed by atoms with Crippen molar-refractivity contribution in [2.45, 2.75) is 6.92 Å². The van der Waals surface area contributed by atoms with Crippen molar-refractivity contribution in [3.8, 4) is 0 Å². The Kier molecular flexibility index (Phi) is 2.91. The van der Waals surface area contributed by atoms with Gasteiger partial charge in [0.05, 0.1) is 10.6 Å². The Morgan fingerprint density at radius 1 is 1.57 bits per heavy atom. The molecule has 0 saturated carbocycles. The maximum Gasteiger partial charge on any atom is 0.338 e. The van der Waals surface area contributed by atoms with Crippen LogP contribution < -0.4 is 0 Å². The SMILES string of the molecule is C=C(C)c1c(Cl)ccc(C(=O)O)c1F. The van der Waals surface area contributed by atoms with Crippen LogP contribution in [0.15, 0.2) is 18.7 Å². The fourth-order valence-corrected chi connectivity index (χ4v) is 1.42. The van der Waals surface area contributed by atoms with Crippen LogP contribution in [-0.4, -0.2) is 11.1 Å². The third-order valence-electron chi connectivity index (χ3n) is 1.75. The van der Waals surface area contributed by atoms with E-state index in [4.69, 9.17) is 16.7 Å². The first-order chi connectivity index (χ1) is 6.45. The van der Waals surface area contributed by atoms with Crippen molar-refractivity contribution in [3.63, 3.8) is 0 Å². The molecule has 14 heavy (non-hydrogen) atoms. The van der Waals surface area contributed by atoms with Gasteiger partial charge in [0.2, 0.25) is 0 Å². The molecule has 0 fully saturated rings. The van der Waals surface area contributed by atoms with Gasteiger partial charge in [-0.2, -0.15) is 0 Å². The predicted molar refractivity (Wildman–Crippen MR) is 53.1 cm³/mol. The predicted octanol–water partition coefficient (Wildman–Crippen LogP) is 3.21. The van der Waals surface area contributed by atoms with Crippen LogP contribution in [0.25, 0.3) is 5.57 Å². The number of rotatable bonds is 2. The molecule has 0 bridgehead atoms. The first-order valence-corrected chi connectivity index (χ1v) is 4.20. The van der Waals surface area contributed by atoms with Crippen molar-refractivity contribution in [1.29, 1.82) is 0 Å². The highest BCUT2D eigenvalue weighted by Gasteiger charge is 2.17. The maximum atomic E-state index is 13.5. The van der Waals surface area contributed by atoms with Crippen molar-refractivity contribution in [3.05, 3.63) is 40.7 Å². The standard InChI is InChI=1S/C10H8ClFO2/c1-5(2)8-7(11)4-3-6(9(8)12)10(13)14/h3-4H,1H2,2H3,(H,13,14). The van der Waals surface area contributed by atoms with Gasteiger partial charge in [0, 0.05) is 5.56 Å². The van der Waals surface area contributed by atoms with E-state index in [1.165, 1.54) is 6.07 Å². The highest BCUT2D eigenvalue weighted by molar-refractivity contribution is 6.32. The van der Waals surface area contributed by atoms with E-state index in [0.717, 1.165) is 6.07 Å². The van der Waals surface area contributed by atoms with Crippen LogP contribution in [0.4, 0.5) is 4.39 Å². The lowest BCUT2D eigenvalue weighted by molar-refractivity contribution is 0.0692. The lowest BCUT2D eigenvalue weighted by Crippen LogP contribution is -2.03. The molecule has 2 nitrogen and oxygen atoms in total. The lowest BCUT2D eigenvalue weighted by Gasteiger charge is -2.07. The minimum atomic E-state index is -1.32. The summed E-state index contributed by atoms with van der Waals surface area (Å²) in [4.78, 5) is 10.6. The van der Waals surface area contributed by atoms with Crippen molar-refractivity contribution in [2.24, 2.45) is 0 Å². The van der Waals surface area contributed by atoms with Crippen LogP contribution in [0.5, 0.6) is 0 Å². The van der Waals surface area contributed by atoms with E-state index in [0.29, 0.717) is 5.57 Å². The quantitative estimate of drug-likeness (QED) is 0.821. The molecule has 4 heteroatoms. The molecular weight excluding hydrogens is 207 g/mol. The highest BCUT2D eigenvalue weighted by atomic mass is 35.5. The number of carboxylic acid groups (broad SMARTS) is 1. The fourth-order valence-electron chi connectivity index (χ4n) is 1.11. The average Bonchev–Trinajstić information content (AvgIpc) is 2.02. The largest absolute Gasteiger partial charge is 0.478 e. The van der Waals surface area contributed by atoms with E-state index in [9.17, 15) is 9.18 Å². The lowest BCUT2D eigenvalue weighted by atomic mass is 10.0. The second-order valence-electron chi connectivity index (χ2n) is 2.87. The van der Waals surface area contributed by atoms with Crippen LogP contribution >= 0.6 is 11.6 Å². The van der Waals surface area contributed by atoms with Crippen LogP contribution in [0.3, 0.4) is 0 Å². The van der Waals surface area contributed by atoms with Gasteiger partial charge < -0.3 is 5.11 Å². The molecule has 1 aromatic carbocycles. The number of hydrogen-bond acceptors (Lipinski definition) is 1. The van der Waals surface area contributed by atoms with E-state index in [1.54, 1.807) is 6.92 Å². The Morgan fingerprint density at radius 2 is 2.14 bits per heavy atom. The van der Waals surface area contributed by atoms with E-state index < -0.39 is 17.3 Å². The van der Waals surface area contributed by atoms with Crippen LogP contribution in [0, 0.1) is 5.82 Å². The molecule has 1 aromatic rings. The number of carboxylic acids is 1. The van der Waals surface area contributed by atoms with Crippen molar-refractivity contribution >= 4 is 23.1 Å². The molecule has 74 valence electrons. The summed E-state index contributed by atoms with van der Waals surface area (Å²) >= 11 is 5.71. The minimum Gasteiger partial charge on any atom is -0.478 e. The zero-order valence-corrected chi connectivity index (χ0v) is 8.23. The molecule has 0 radical (unpaired) electrons. The average molecular weight is 215 g/mol. The second-order valence-corrected chi connectivity index (χ2v) is 3.28. The number of hydrogen-bond donors (Lipinski definition) is 1. The van der Waals surface area contributed by atoms with E-state index in [-0.39, 0.29) is 10.6 Å². The van der Waals surface area contributed by atoms with Gasteiger partial charge in [0.25, 0.3) is 0 Å². The first kappa shape index (κ1) is 10.7. The second kappa shape index (κ2) is 3.80. The van der Waals surface area contributed by atoms with Crippen LogP contribution in [-0.2, 0) is 0 Å². The van der Waals surface area contributed by atoms with Gasteiger partial charge in [-0.05, 0) is 24.6 Å². The Morgan fingerprint density at radius 3 is 2.57 bits per heavy atom. The topological polar surface area (TPSA) is 37.3 Å². The van der Waals surface area contributed by atoms with Gasteiger partial charge in [-0.25, -0.2) is 9.18 Å². The molecule has 0 aromatic heterocycles. The summed E-state index contributed by atoms with van der Waals surface area (Å²) in [5, 5.41) is 8.82. The van der Waals surface area contributed by atoms with Gasteiger partial charge in [0.15, 0.2) is 0 Å². The van der Waals surface area contributed by atoms with E-state index in [2.05, 4.69) is 6.58 Å². The van der Waals surface area contributed by atoms with Crippen molar-refractivity contribution in [1.82, 2.24) is 0 Å². The molecule has 0 aliphatic carbocycles. The summed E-state index contributed by atoms with van der Waals surface area (Å²) in [5.41, 5.74) is 0.0644. The molecule has 0 aliphatic rings. The Hall–Kier alpha value is -1.35. The third-order valence-corrected chi connectivity index (χ3v) is 2.06. The molecule has 0 atom stereocenters. The molecule has 0 spiro atoms. The Bertz CT molecular complexity index is 413. The van der Waals surface area contributed by atoms with Crippen molar-refractivity contribution in [2.75, 3.05) is 0 Å². The molecule has 0 heterocycles. The first-order valence-electron chi connectivity index (χ1n) is 3.82. The van der Waals surface area contributed by atoms with Crippen LogP contribution in [0.1, 0.15) is 22.8 Å². The summed E-state index contributed by atoms with van der Waals surface area (Å²) in [7, 11) is 0. The molecule has 0 aliphatic heterocycles. The summed E-state index contributed by atoms with van der Waals surface area (Å²) in [6.45, 7) is 5.10. The maximum absolute atomic E-state index is 13.5. The number of benzene rings is 1. The Balaban J connectivity index is 3.49. The van der Waals surface area contributed by atoms with Crippen LogP contribution in [0.2, 0.25) is 5.02 Å². The van der Waals surface area contributed by atoms with E-state index >= 15 is 0 Å². The number of halogens is 2. The summed E-state index contributed by atoms with van der Waals surface area (Å²) in [6, 6.07) is 2.48. The summed E-state index contributed by atoms with van der Waals surface area (Å²) < 4.78 is 13.5. The zero-order chi connectivity index (χ0) is 10.9. The van der Waals surface area contributed by atoms with Crippen molar-refractivity contribution < 1.29 is 14.3 Å². The zero-order valence-electron chi connectivity index (χ0n) is 7.47. The van der Waals surface area contributed by atoms with Gasteiger partial charge in [-0.1, -0.05) is 18.2 Å². The number of aromatic carboxylic acids is 1. The monoisotopic (exact) mass is 214 g/mol. The summed E-state index contributed by atoms with van der Waals surface area (Å²) in [5.74, 6) is -2.15. The van der Waals surface area contributed by atoms with Gasteiger partial charge in [-0.3, -0.25) is 0 Å². The van der Waals surface area contributed by atoms with Gasteiger partial charge >= 0.3 is 5.97 Å². The molecule has 0 amide bonds. The van der Waals surface area contributed by atoms with Gasteiger partial charge in [0.1, 0.15) is 5.82 Å². The Labute approximate surface area is 85.6 Å². The van der Waals surface area contributed by atoms with E-state index in [1.807, 2.05) is 0 Å². The molecular formula is C10H8ClFO2. The molecule has 0 unspecified atom stereocenters. The molecule has 1 N–H and O–H groups in total. The fraction of sp³-hybridized carbons (Fsp3) is 0.100. The highest BCUT2D eigenvalue weighted by Crippen LogP contribution is 2.27. The normalized spacial score (nSPS) is 9.93. The number of allylic oxidation sites excluding steroid dienone is 1. The number of carbonyl (C=O) groups is 1. The molecule has 1 rings (SSSR count). The minimum absolute atomic E-state index is 0.0616. The smallest absolute Gasteiger partial charge is 0.338 e. The summed E-state index contributed by atoms with van der Waals surface area (Å²) in [6.07, 6.45) is 0.